The highest BCUT2D eigenvalue weighted by Gasteiger charge is 2.21. The highest BCUT2D eigenvalue weighted by atomic mass is 16.5. The molecule has 0 saturated carbocycles. The highest BCUT2D eigenvalue weighted by Crippen LogP contribution is 2.25. The van der Waals surface area contributed by atoms with Gasteiger partial charge in [-0.2, -0.15) is 0 Å². The molecule has 22 heavy (non-hydrogen) atoms. The Kier molecular flexibility index (Phi) is 4.98. The van der Waals surface area contributed by atoms with Crippen molar-refractivity contribution in [3.63, 3.8) is 0 Å². The van der Waals surface area contributed by atoms with Crippen molar-refractivity contribution >= 4 is 17.3 Å². The van der Waals surface area contributed by atoms with Crippen LogP contribution in [-0.2, 0) is 9.53 Å². The number of carbonyl (C=O) groups excluding carboxylic acids is 1. The maximum absolute atomic E-state index is 11.8. The number of benzene rings is 1. The topological polar surface area (TPSA) is 41.6 Å². The molecule has 0 bridgehead atoms. The van der Waals surface area contributed by atoms with Gasteiger partial charge in [-0.25, -0.2) is 0 Å². The van der Waals surface area contributed by atoms with Gasteiger partial charge in [0.05, 0.1) is 0 Å². The molecular weight excluding hydrogens is 276 g/mol. The minimum Gasteiger partial charge on any atom is -0.383 e. The van der Waals surface area contributed by atoms with Crippen LogP contribution in [0.5, 0.6) is 0 Å². The predicted molar refractivity (Wildman–Crippen MR) is 89.3 cm³/mol. The molecule has 2 aliphatic heterocycles. The van der Waals surface area contributed by atoms with Crippen LogP contribution in [-0.4, -0.2) is 31.7 Å². The van der Waals surface area contributed by atoms with Crippen molar-refractivity contribution in [3.8, 4) is 0 Å². The molecule has 2 fully saturated rings. The van der Waals surface area contributed by atoms with E-state index in [-0.39, 0.29) is 5.91 Å². The van der Waals surface area contributed by atoms with E-state index in [0.29, 0.717) is 12.5 Å². The van der Waals surface area contributed by atoms with Crippen LogP contribution >= 0.6 is 0 Å². The second-order valence-electron chi connectivity index (χ2n) is 6.53. The van der Waals surface area contributed by atoms with E-state index in [4.69, 9.17) is 4.74 Å². The first kappa shape index (κ1) is 15.3. The van der Waals surface area contributed by atoms with Crippen LogP contribution in [0.1, 0.15) is 39.0 Å². The average molecular weight is 302 g/mol. The predicted octanol–water partition coefficient (Wildman–Crippen LogP) is 3.43. The molecule has 0 aliphatic carbocycles. The Morgan fingerprint density at radius 1 is 1.27 bits per heavy atom. The Hall–Kier alpha value is -1.55. The molecule has 1 unspecified atom stereocenters. The Balaban J connectivity index is 1.52. The maximum atomic E-state index is 11.8. The summed E-state index contributed by atoms with van der Waals surface area (Å²) in [4.78, 5) is 13.6. The largest absolute Gasteiger partial charge is 0.383 e. The summed E-state index contributed by atoms with van der Waals surface area (Å²) in [5.41, 5.74) is 2.15. The lowest BCUT2D eigenvalue weighted by molar-refractivity contribution is -0.117. The zero-order valence-electron chi connectivity index (χ0n) is 13.4. The lowest BCUT2D eigenvalue weighted by atomic mass is 9.93. The third-order valence-electron chi connectivity index (χ3n) is 4.69. The third-order valence-corrected chi connectivity index (χ3v) is 4.69. The fourth-order valence-corrected chi connectivity index (χ4v) is 3.48. The van der Waals surface area contributed by atoms with Crippen molar-refractivity contribution in [3.05, 3.63) is 24.3 Å². The number of amides is 1. The Labute approximate surface area is 132 Å². The van der Waals surface area contributed by atoms with Crippen LogP contribution in [0.3, 0.4) is 0 Å². The highest BCUT2D eigenvalue weighted by molar-refractivity contribution is 5.95. The zero-order chi connectivity index (χ0) is 15.4. The molecule has 4 nitrogen and oxygen atoms in total. The average Bonchev–Trinajstić information content (AvgIpc) is 2.95. The Morgan fingerprint density at radius 3 is 2.64 bits per heavy atom. The summed E-state index contributed by atoms with van der Waals surface area (Å²) >= 11 is 0. The quantitative estimate of drug-likeness (QED) is 0.906. The molecule has 2 aliphatic rings. The number of ether oxygens (including phenoxy) is 1. The monoisotopic (exact) mass is 302 g/mol. The van der Waals surface area contributed by atoms with Crippen molar-refractivity contribution < 1.29 is 9.53 Å². The zero-order valence-corrected chi connectivity index (χ0v) is 13.4. The van der Waals surface area contributed by atoms with E-state index in [1.54, 1.807) is 0 Å². The molecule has 2 saturated heterocycles. The molecule has 1 N–H and O–H groups in total. The van der Waals surface area contributed by atoms with E-state index in [9.17, 15) is 4.79 Å². The van der Waals surface area contributed by atoms with Crippen LogP contribution < -0.4 is 10.2 Å². The normalized spacial score (nSPS) is 21.1. The molecule has 3 rings (SSSR count). The van der Waals surface area contributed by atoms with Gasteiger partial charge in [0, 0.05) is 43.6 Å². The van der Waals surface area contributed by atoms with Gasteiger partial charge >= 0.3 is 0 Å². The van der Waals surface area contributed by atoms with Gasteiger partial charge in [0.25, 0.3) is 0 Å². The van der Waals surface area contributed by atoms with Gasteiger partial charge in [-0.1, -0.05) is 0 Å². The second-order valence-corrected chi connectivity index (χ2v) is 6.53. The first-order chi connectivity index (χ1) is 10.7. The van der Waals surface area contributed by atoms with Gasteiger partial charge in [0.15, 0.2) is 0 Å². The number of nitrogens with zero attached hydrogens (tertiary/aromatic N) is 1. The van der Waals surface area contributed by atoms with Gasteiger partial charge < -0.3 is 15.0 Å². The van der Waals surface area contributed by atoms with Crippen LogP contribution in [0, 0.1) is 5.92 Å². The van der Waals surface area contributed by atoms with E-state index >= 15 is 0 Å². The molecule has 1 atom stereocenters. The fraction of sp³-hybridized carbons (Fsp3) is 0.611. The second kappa shape index (κ2) is 7.14. The first-order valence-electron chi connectivity index (χ1n) is 8.47. The lowest BCUT2D eigenvalue weighted by Crippen LogP contribution is -2.24. The van der Waals surface area contributed by atoms with E-state index in [1.807, 2.05) is 17.0 Å². The fourth-order valence-electron chi connectivity index (χ4n) is 3.48. The van der Waals surface area contributed by atoms with Gasteiger partial charge in [-0.3, -0.25) is 4.79 Å². The SMILES string of the molecule is CC(CC1CCOCC1)Nc1ccc(N2CCCC2=O)cc1. The lowest BCUT2D eigenvalue weighted by Gasteiger charge is -2.26. The smallest absolute Gasteiger partial charge is 0.227 e. The molecule has 1 aromatic carbocycles. The number of hydrogen-bond acceptors (Lipinski definition) is 3. The minimum atomic E-state index is 0.244. The van der Waals surface area contributed by atoms with Crippen LogP contribution in [0.25, 0.3) is 0 Å². The molecule has 1 amide bonds. The molecular formula is C18H26N2O2. The molecule has 0 aromatic heterocycles. The van der Waals surface area contributed by atoms with Crippen LogP contribution in [0.2, 0.25) is 0 Å². The van der Waals surface area contributed by atoms with Crippen molar-refractivity contribution in [2.24, 2.45) is 5.92 Å². The van der Waals surface area contributed by atoms with Gasteiger partial charge in [-0.05, 0) is 62.8 Å². The minimum absolute atomic E-state index is 0.244. The van der Waals surface area contributed by atoms with E-state index in [2.05, 4.69) is 24.4 Å². The van der Waals surface area contributed by atoms with E-state index in [1.165, 1.54) is 19.3 Å². The van der Waals surface area contributed by atoms with Crippen LogP contribution in [0.15, 0.2) is 24.3 Å². The molecule has 0 spiro atoms. The van der Waals surface area contributed by atoms with Gasteiger partial charge in [0.2, 0.25) is 5.91 Å². The summed E-state index contributed by atoms with van der Waals surface area (Å²) < 4.78 is 5.42. The Bertz CT molecular complexity index is 494. The van der Waals surface area contributed by atoms with Crippen molar-refractivity contribution in [1.29, 1.82) is 0 Å². The van der Waals surface area contributed by atoms with E-state index in [0.717, 1.165) is 43.5 Å². The first-order valence-corrected chi connectivity index (χ1v) is 8.47. The number of rotatable bonds is 5. The maximum Gasteiger partial charge on any atom is 0.227 e. The number of hydrogen-bond donors (Lipinski definition) is 1. The van der Waals surface area contributed by atoms with Crippen molar-refractivity contribution in [2.45, 2.75) is 45.1 Å². The summed E-state index contributed by atoms with van der Waals surface area (Å²) in [5, 5.41) is 3.57. The van der Waals surface area contributed by atoms with Gasteiger partial charge in [0.1, 0.15) is 0 Å². The summed E-state index contributed by atoms with van der Waals surface area (Å²) in [7, 11) is 0. The molecule has 120 valence electrons. The standard InChI is InChI=1S/C18H26N2O2/c1-14(13-15-8-11-22-12-9-15)19-16-4-6-17(7-5-16)20-10-2-3-18(20)21/h4-7,14-15,19H,2-3,8-13H2,1H3. The summed E-state index contributed by atoms with van der Waals surface area (Å²) in [6.45, 7) is 4.92. The van der Waals surface area contributed by atoms with Gasteiger partial charge in [-0.15, -0.1) is 0 Å². The van der Waals surface area contributed by atoms with Crippen molar-refractivity contribution in [2.75, 3.05) is 30.0 Å². The number of carbonyl (C=O) groups is 1. The molecule has 4 heteroatoms. The Morgan fingerprint density at radius 2 is 2.00 bits per heavy atom. The molecule has 1 aromatic rings. The van der Waals surface area contributed by atoms with Crippen LogP contribution in [0.4, 0.5) is 11.4 Å². The van der Waals surface area contributed by atoms with E-state index < -0.39 is 0 Å². The van der Waals surface area contributed by atoms with Crippen molar-refractivity contribution in [1.82, 2.24) is 0 Å². The summed E-state index contributed by atoms with van der Waals surface area (Å²) in [5.74, 6) is 1.02. The molecule has 2 heterocycles. The summed E-state index contributed by atoms with van der Waals surface area (Å²) in [6, 6.07) is 8.73. The number of nitrogens with one attached hydrogen (secondary N) is 1. The molecule has 0 radical (unpaired) electrons. The summed E-state index contributed by atoms with van der Waals surface area (Å²) in [6.07, 6.45) is 5.21. The number of anilines is 2. The third kappa shape index (κ3) is 3.80.